The number of nitrogens with two attached hydrogens (primary N) is 4. The van der Waals surface area contributed by atoms with E-state index in [1.165, 1.54) is 40.6 Å². The molecule has 1 aromatic carbocycles. The standard InChI is InChI=1S/C49H76N12O12S2/c1-7-19-74-25-31(50)42(66)56-34(22-29-12-14-30(62)15-13-29)46(70)60-41(28(6)9-3)48(72)55-32(16-17-38(51)63)44(68)57-35(23-39(52)64)45(69)59-36(26-75-20-8-2)49(73)61-18-10-11-37(61)47(71)58-33(21-27(4)5)43(67)54-24-40(53)65/h7-8,12-15,27-28,31-37,41,62H,1-2,9-11,16-26,50H2,3-6H3,(H2,51,63)(H2,52,64)(H2,53,65)(H,54,67)(H,55,72)(H,56,66)(H,57,68)(H,58,71)(H,59,69)(H,60,70)/t28-,31-,32-,33-,34-,35-,36-,37-,41-/m0/s1. The fourth-order valence-electron chi connectivity index (χ4n) is 7.65. The Balaban J connectivity index is 2.43. The number of amides is 11. The maximum atomic E-state index is 14.3. The first-order valence-corrected chi connectivity index (χ1v) is 26.9. The van der Waals surface area contributed by atoms with Crippen molar-refractivity contribution in [1.82, 2.24) is 42.1 Å². The van der Waals surface area contributed by atoms with Crippen molar-refractivity contribution in [3.8, 4) is 5.75 Å². The summed E-state index contributed by atoms with van der Waals surface area (Å²) in [4.78, 5) is 148. The van der Waals surface area contributed by atoms with Gasteiger partial charge in [-0.3, -0.25) is 52.7 Å². The van der Waals surface area contributed by atoms with Crippen molar-refractivity contribution in [2.24, 2.45) is 34.8 Å². The number of rotatable bonds is 35. The Kier molecular flexibility index (Phi) is 28.6. The minimum Gasteiger partial charge on any atom is -0.508 e. The minimum absolute atomic E-state index is 0.0379. The highest BCUT2D eigenvalue weighted by atomic mass is 32.2. The van der Waals surface area contributed by atoms with E-state index in [0.717, 1.165) is 0 Å². The van der Waals surface area contributed by atoms with Crippen LogP contribution in [0.3, 0.4) is 0 Å². The first-order chi connectivity index (χ1) is 35.4. The fraction of sp³-hybridized carbons (Fsp3) is 0.571. The van der Waals surface area contributed by atoms with Crippen LogP contribution < -0.4 is 60.2 Å². The van der Waals surface area contributed by atoms with Crippen LogP contribution in [-0.4, -0.2) is 159 Å². The summed E-state index contributed by atoms with van der Waals surface area (Å²) in [5.74, 6) is -8.87. The van der Waals surface area contributed by atoms with Crippen molar-refractivity contribution in [1.29, 1.82) is 0 Å². The number of carbonyl (C=O) groups is 11. The van der Waals surface area contributed by atoms with Gasteiger partial charge in [-0.25, -0.2) is 0 Å². The van der Waals surface area contributed by atoms with Gasteiger partial charge in [0.2, 0.25) is 65.0 Å². The van der Waals surface area contributed by atoms with Crippen molar-refractivity contribution < 1.29 is 57.8 Å². The molecule has 0 saturated carbocycles. The molecular weight excluding hydrogens is 1010 g/mol. The molecule has 24 nitrogen and oxygen atoms in total. The van der Waals surface area contributed by atoms with E-state index in [1.807, 2.05) is 13.8 Å². The second-order valence-corrected chi connectivity index (χ2v) is 20.6. The number of nitrogens with zero attached hydrogens (tertiary/aromatic N) is 1. The summed E-state index contributed by atoms with van der Waals surface area (Å²) in [7, 11) is 0. The second kappa shape index (κ2) is 33.3. The highest BCUT2D eigenvalue weighted by molar-refractivity contribution is 7.99. The summed E-state index contributed by atoms with van der Waals surface area (Å²) in [6.07, 6.45) is 2.56. The highest BCUT2D eigenvalue weighted by Crippen LogP contribution is 2.21. The summed E-state index contributed by atoms with van der Waals surface area (Å²) in [6.45, 7) is 14.0. The van der Waals surface area contributed by atoms with Gasteiger partial charge in [-0.2, -0.15) is 23.5 Å². The van der Waals surface area contributed by atoms with Gasteiger partial charge in [0.25, 0.3) is 0 Å². The van der Waals surface area contributed by atoms with E-state index in [1.54, 1.807) is 38.1 Å². The summed E-state index contributed by atoms with van der Waals surface area (Å²) in [5.41, 5.74) is 22.8. The number of nitrogens with one attached hydrogen (secondary N) is 7. The van der Waals surface area contributed by atoms with Gasteiger partial charge in [-0.05, 0) is 55.2 Å². The SMILES string of the molecule is C=CCSC[C@H](NC(=O)[C@H](CC(N)=O)NC(=O)[C@H](CCC(N)=O)NC(=O)[C@@H](NC(=O)[C@H](Cc1ccc(O)cc1)NC(=O)[C@@H](N)CSCC=C)[C@@H](C)CC)C(=O)N1CCC[C@H]1C(=O)N[C@@H](CC(C)C)C(=O)NCC(N)=O. The van der Waals surface area contributed by atoms with Crippen LogP contribution in [0.1, 0.15) is 78.2 Å². The number of likely N-dealkylation sites (tertiary alicyclic amines) is 1. The van der Waals surface area contributed by atoms with Gasteiger partial charge in [0.1, 0.15) is 48.0 Å². The molecule has 2 rings (SSSR count). The predicted octanol–water partition coefficient (Wildman–Crippen LogP) is -2.17. The lowest BCUT2D eigenvalue weighted by Gasteiger charge is -2.31. The van der Waals surface area contributed by atoms with Gasteiger partial charge in [-0.1, -0.05) is 58.4 Å². The van der Waals surface area contributed by atoms with Gasteiger partial charge < -0.3 is 70.2 Å². The van der Waals surface area contributed by atoms with E-state index in [2.05, 4.69) is 50.4 Å². The summed E-state index contributed by atoms with van der Waals surface area (Å²) in [5, 5.41) is 27.8. The number of phenolic OH excluding ortho intramolecular Hbond substituents is 1. The van der Waals surface area contributed by atoms with Crippen molar-refractivity contribution in [2.45, 2.75) is 127 Å². The van der Waals surface area contributed by atoms with Crippen LogP contribution in [0.15, 0.2) is 49.6 Å². The second-order valence-electron chi connectivity index (χ2n) is 18.5. The normalized spacial score (nSPS) is 16.2. The Hall–Kier alpha value is -6.67. The summed E-state index contributed by atoms with van der Waals surface area (Å²) < 4.78 is 0. The third-order valence-corrected chi connectivity index (χ3v) is 13.9. The molecule has 1 heterocycles. The lowest BCUT2D eigenvalue weighted by atomic mass is 9.96. The van der Waals surface area contributed by atoms with E-state index in [9.17, 15) is 57.8 Å². The molecule has 0 bridgehead atoms. The van der Waals surface area contributed by atoms with Crippen molar-refractivity contribution in [3.05, 3.63) is 55.1 Å². The molecule has 9 atom stereocenters. The summed E-state index contributed by atoms with van der Waals surface area (Å²) in [6, 6.07) is -4.64. The number of hydrogen-bond acceptors (Lipinski definition) is 15. The number of carbonyl (C=O) groups excluding carboxylic acids is 11. The Morgan fingerprint density at radius 1 is 0.707 bits per heavy atom. The molecule has 0 unspecified atom stereocenters. The van der Waals surface area contributed by atoms with E-state index in [0.29, 0.717) is 29.9 Å². The number of phenols is 1. The van der Waals surface area contributed by atoms with E-state index in [-0.39, 0.29) is 49.0 Å². The zero-order chi connectivity index (χ0) is 56.4. The Morgan fingerprint density at radius 2 is 1.28 bits per heavy atom. The van der Waals surface area contributed by atoms with E-state index >= 15 is 0 Å². The first kappa shape index (κ1) is 64.4. The largest absolute Gasteiger partial charge is 0.508 e. The average Bonchev–Trinajstić information content (AvgIpc) is 3.85. The molecule has 1 aliphatic rings. The molecule has 0 spiro atoms. The zero-order valence-corrected chi connectivity index (χ0v) is 44.7. The monoisotopic (exact) mass is 1090 g/mol. The Labute approximate surface area is 446 Å². The highest BCUT2D eigenvalue weighted by Gasteiger charge is 2.40. The number of primary amides is 3. The fourth-order valence-corrected chi connectivity index (χ4v) is 9.13. The van der Waals surface area contributed by atoms with Gasteiger partial charge in [-0.15, -0.1) is 13.2 Å². The Bertz CT molecular complexity index is 2180. The maximum absolute atomic E-state index is 14.3. The molecule has 1 saturated heterocycles. The molecule has 416 valence electrons. The molecule has 1 fully saturated rings. The van der Waals surface area contributed by atoms with Gasteiger partial charge in [0.05, 0.1) is 19.0 Å². The molecule has 16 N–H and O–H groups in total. The quantitative estimate of drug-likeness (QED) is 0.0254. The van der Waals surface area contributed by atoms with Crippen LogP contribution in [-0.2, 0) is 59.2 Å². The third kappa shape index (κ3) is 23.2. The zero-order valence-electron chi connectivity index (χ0n) is 43.1. The molecule has 11 amide bonds. The van der Waals surface area contributed by atoms with Crippen molar-refractivity contribution in [2.75, 3.05) is 36.1 Å². The van der Waals surface area contributed by atoms with Crippen LogP contribution in [0.4, 0.5) is 0 Å². The van der Waals surface area contributed by atoms with Crippen LogP contribution >= 0.6 is 23.5 Å². The van der Waals surface area contributed by atoms with Gasteiger partial charge in [0, 0.05) is 42.4 Å². The van der Waals surface area contributed by atoms with Crippen molar-refractivity contribution in [3.63, 3.8) is 0 Å². The Morgan fingerprint density at radius 3 is 1.85 bits per heavy atom. The maximum Gasteiger partial charge on any atom is 0.246 e. The third-order valence-electron chi connectivity index (χ3n) is 11.8. The lowest BCUT2D eigenvalue weighted by Crippen LogP contribution is -2.61. The van der Waals surface area contributed by atoms with Gasteiger partial charge >= 0.3 is 0 Å². The van der Waals surface area contributed by atoms with Crippen LogP contribution in [0, 0.1) is 11.8 Å². The molecule has 1 aliphatic heterocycles. The molecule has 0 aromatic heterocycles. The van der Waals surface area contributed by atoms with Crippen LogP contribution in [0.2, 0.25) is 0 Å². The van der Waals surface area contributed by atoms with Gasteiger partial charge in [0.15, 0.2) is 0 Å². The van der Waals surface area contributed by atoms with Crippen molar-refractivity contribution >= 4 is 88.5 Å². The number of thioether (sulfide) groups is 2. The topological polar surface area (TPSA) is 400 Å². The smallest absolute Gasteiger partial charge is 0.246 e. The molecule has 1 aromatic rings. The predicted molar refractivity (Wildman–Crippen MR) is 285 cm³/mol. The number of benzene rings is 1. The number of aromatic hydroxyl groups is 1. The van der Waals surface area contributed by atoms with E-state index < -0.39 is 145 Å². The molecule has 0 radical (unpaired) electrons. The molecule has 26 heteroatoms. The molecule has 0 aliphatic carbocycles. The minimum atomic E-state index is -1.76. The average molecular weight is 1090 g/mol. The molecule has 75 heavy (non-hydrogen) atoms. The molecular formula is C49H76N12O12S2. The van der Waals surface area contributed by atoms with E-state index in [4.69, 9.17) is 22.9 Å². The summed E-state index contributed by atoms with van der Waals surface area (Å²) >= 11 is 2.55. The lowest BCUT2D eigenvalue weighted by molar-refractivity contribution is -0.142. The van der Waals surface area contributed by atoms with Crippen LogP contribution in [0.5, 0.6) is 5.75 Å². The first-order valence-electron chi connectivity index (χ1n) is 24.6. The number of hydrogen-bond donors (Lipinski definition) is 12. The van der Waals surface area contributed by atoms with Crippen LogP contribution in [0.25, 0.3) is 0 Å².